The molecule has 0 atom stereocenters. The van der Waals surface area contributed by atoms with Crippen molar-refractivity contribution in [2.24, 2.45) is 5.10 Å². The molecule has 0 bridgehead atoms. The van der Waals surface area contributed by atoms with Gasteiger partial charge >= 0.3 is 0 Å². The molecule has 3 rings (SSSR count). The summed E-state index contributed by atoms with van der Waals surface area (Å²) in [4.78, 5) is 2.39. The monoisotopic (exact) mass is 340 g/mol. The molecule has 3 aromatic rings. The first-order chi connectivity index (χ1) is 11.6. The van der Waals surface area contributed by atoms with Crippen molar-refractivity contribution >= 4 is 27.0 Å². The third-order valence-electron chi connectivity index (χ3n) is 3.55. The molecular weight excluding hydrogens is 324 g/mol. The molecule has 0 aliphatic rings. The highest BCUT2D eigenvalue weighted by Crippen LogP contribution is 2.19. The minimum atomic E-state index is -3.73. The van der Waals surface area contributed by atoms with Gasteiger partial charge in [-0.05, 0) is 35.0 Å². The molecule has 0 saturated carbocycles. The summed E-state index contributed by atoms with van der Waals surface area (Å²) < 4.78 is 29.9. The maximum atomic E-state index is 12.4. The van der Waals surface area contributed by atoms with E-state index < -0.39 is 10.0 Å². The Morgan fingerprint density at radius 1 is 0.958 bits per heavy atom. The van der Waals surface area contributed by atoms with Crippen molar-refractivity contribution in [1.82, 2.24) is 4.83 Å². The van der Waals surface area contributed by atoms with E-state index in [9.17, 15) is 8.42 Å². The van der Waals surface area contributed by atoms with Crippen LogP contribution in [-0.2, 0) is 10.0 Å². The van der Waals surface area contributed by atoms with Gasteiger partial charge in [-0.3, -0.25) is 0 Å². The zero-order valence-electron chi connectivity index (χ0n) is 13.0. The van der Waals surface area contributed by atoms with Crippen LogP contribution in [0, 0.1) is 0 Å². The molecule has 0 fully saturated rings. The molecule has 0 amide bonds. The molecule has 0 aliphatic heterocycles. The van der Waals surface area contributed by atoms with Crippen molar-refractivity contribution in [1.29, 1.82) is 0 Å². The molecule has 0 saturated heterocycles. The Morgan fingerprint density at radius 3 is 2.46 bits per heavy atom. The largest absolute Gasteiger partial charge is 0.496 e. The predicted octanol–water partition coefficient (Wildman–Crippen LogP) is 3.16. The summed E-state index contributed by atoms with van der Waals surface area (Å²) in [6, 6.07) is 19.7. The summed E-state index contributed by atoms with van der Waals surface area (Å²) in [7, 11) is -2.18. The van der Waals surface area contributed by atoms with Gasteiger partial charge in [-0.1, -0.05) is 42.5 Å². The number of para-hydroxylation sites is 1. The van der Waals surface area contributed by atoms with E-state index >= 15 is 0 Å². The zero-order valence-corrected chi connectivity index (χ0v) is 13.8. The molecular formula is C18H16N2O3S. The number of hydrazone groups is 1. The Hall–Kier alpha value is -2.86. The number of hydrogen-bond donors (Lipinski definition) is 1. The summed E-state index contributed by atoms with van der Waals surface area (Å²) in [5, 5.41) is 5.67. The first-order valence-corrected chi connectivity index (χ1v) is 8.75. The smallest absolute Gasteiger partial charge is 0.276 e. The van der Waals surface area contributed by atoms with Crippen LogP contribution < -0.4 is 9.57 Å². The van der Waals surface area contributed by atoms with E-state index in [0.717, 1.165) is 10.8 Å². The first kappa shape index (κ1) is 16.0. The highest BCUT2D eigenvalue weighted by molar-refractivity contribution is 7.89. The number of methoxy groups -OCH3 is 1. The topological polar surface area (TPSA) is 67.8 Å². The Bertz CT molecular complexity index is 998. The van der Waals surface area contributed by atoms with Gasteiger partial charge in [0.25, 0.3) is 10.0 Å². The van der Waals surface area contributed by atoms with E-state index in [-0.39, 0.29) is 4.90 Å². The number of ether oxygens (including phenoxy) is 1. The van der Waals surface area contributed by atoms with Crippen LogP contribution in [0.5, 0.6) is 5.75 Å². The van der Waals surface area contributed by atoms with Crippen LogP contribution in [0.25, 0.3) is 10.8 Å². The molecule has 0 heterocycles. The SMILES string of the molecule is COc1ccccc1/C=N/NS(=O)(=O)c1ccc2ccccc2c1. The number of fused-ring (bicyclic) bond motifs is 1. The minimum absolute atomic E-state index is 0.165. The van der Waals surface area contributed by atoms with Crippen LogP contribution in [0.2, 0.25) is 0 Å². The van der Waals surface area contributed by atoms with E-state index in [2.05, 4.69) is 9.93 Å². The van der Waals surface area contributed by atoms with Crippen molar-refractivity contribution in [3.05, 3.63) is 72.3 Å². The lowest BCUT2D eigenvalue weighted by atomic mass is 10.1. The van der Waals surface area contributed by atoms with Crippen molar-refractivity contribution in [3.63, 3.8) is 0 Å². The number of benzene rings is 3. The molecule has 0 radical (unpaired) electrons. The van der Waals surface area contributed by atoms with Crippen molar-refractivity contribution < 1.29 is 13.2 Å². The van der Waals surface area contributed by atoms with Crippen molar-refractivity contribution in [2.45, 2.75) is 4.90 Å². The van der Waals surface area contributed by atoms with Crippen LogP contribution >= 0.6 is 0 Å². The highest BCUT2D eigenvalue weighted by atomic mass is 32.2. The Morgan fingerprint density at radius 2 is 1.67 bits per heavy atom. The second-order valence-electron chi connectivity index (χ2n) is 5.10. The van der Waals surface area contributed by atoms with Crippen LogP contribution in [0.3, 0.4) is 0 Å². The number of hydrogen-bond acceptors (Lipinski definition) is 4. The summed E-state index contributed by atoms with van der Waals surface area (Å²) in [6.07, 6.45) is 1.41. The molecule has 24 heavy (non-hydrogen) atoms. The lowest BCUT2D eigenvalue weighted by molar-refractivity contribution is 0.414. The van der Waals surface area contributed by atoms with Crippen molar-refractivity contribution in [3.8, 4) is 5.75 Å². The minimum Gasteiger partial charge on any atom is -0.496 e. The van der Waals surface area contributed by atoms with Gasteiger partial charge in [0.1, 0.15) is 5.75 Å². The van der Waals surface area contributed by atoms with E-state index in [4.69, 9.17) is 4.74 Å². The summed E-state index contributed by atoms with van der Waals surface area (Å²) in [5.41, 5.74) is 0.682. The third kappa shape index (κ3) is 3.38. The zero-order chi connectivity index (χ0) is 17.0. The van der Waals surface area contributed by atoms with Gasteiger partial charge in [-0.25, -0.2) is 4.83 Å². The number of nitrogens with zero attached hydrogens (tertiary/aromatic N) is 1. The Balaban J connectivity index is 1.83. The van der Waals surface area contributed by atoms with Gasteiger partial charge < -0.3 is 4.74 Å². The summed E-state index contributed by atoms with van der Waals surface area (Å²) in [6.45, 7) is 0. The fraction of sp³-hybridized carbons (Fsp3) is 0.0556. The normalized spacial score (nSPS) is 11.7. The lowest BCUT2D eigenvalue weighted by Crippen LogP contribution is -2.18. The summed E-state index contributed by atoms with van der Waals surface area (Å²) >= 11 is 0. The fourth-order valence-corrected chi connectivity index (χ4v) is 3.15. The molecule has 0 aliphatic carbocycles. The molecule has 3 aromatic carbocycles. The predicted molar refractivity (Wildman–Crippen MR) is 94.9 cm³/mol. The molecule has 0 aromatic heterocycles. The van der Waals surface area contributed by atoms with E-state index in [1.807, 2.05) is 36.4 Å². The Labute approximate surface area is 140 Å². The first-order valence-electron chi connectivity index (χ1n) is 7.27. The van der Waals surface area contributed by atoms with Crippen LogP contribution in [0.1, 0.15) is 5.56 Å². The van der Waals surface area contributed by atoms with Gasteiger partial charge in [0.2, 0.25) is 0 Å². The van der Waals surface area contributed by atoms with Crippen LogP contribution in [-0.4, -0.2) is 21.7 Å². The number of nitrogens with one attached hydrogen (secondary N) is 1. The number of sulfonamides is 1. The average Bonchev–Trinajstić information content (AvgIpc) is 2.61. The standard InChI is InChI=1S/C18H16N2O3S/c1-23-18-9-5-4-8-16(18)13-19-20-24(21,22)17-11-10-14-6-2-3-7-15(14)12-17/h2-13,20H,1H3/b19-13+. The molecule has 0 unspecified atom stereocenters. The van der Waals surface area contributed by atoms with Gasteiger partial charge in [0.15, 0.2) is 0 Å². The maximum absolute atomic E-state index is 12.4. The second kappa shape index (κ2) is 6.72. The van der Waals surface area contributed by atoms with Gasteiger partial charge in [-0.15, -0.1) is 0 Å². The molecule has 0 spiro atoms. The lowest BCUT2D eigenvalue weighted by Gasteiger charge is -2.06. The Kier molecular flexibility index (Phi) is 4.48. The van der Waals surface area contributed by atoms with Crippen LogP contribution in [0.15, 0.2) is 76.7 Å². The van der Waals surface area contributed by atoms with Gasteiger partial charge in [0, 0.05) is 5.56 Å². The molecule has 1 N–H and O–H groups in total. The molecule has 5 nitrogen and oxygen atoms in total. The number of rotatable bonds is 5. The van der Waals surface area contributed by atoms with Crippen LogP contribution in [0.4, 0.5) is 0 Å². The maximum Gasteiger partial charge on any atom is 0.276 e. The quantitative estimate of drug-likeness (QED) is 0.573. The summed E-state index contributed by atoms with van der Waals surface area (Å²) in [5.74, 6) is 0.617. The van der Waals surface area contributed by atoms with Crippen molar-refractivity contribution in [2.75, 3.05) is 7.11 Å². The van der Waals surface area contributed by atoms with E-state index in [1.54, 1.807) is 37.4 Å². The second-order valence-corrected chi connectivity index (χ2v) is 6.76. The third-order valence-corrected chi connectivity index (χ3v) is 4.77. The van der Waals surface area contributed by atoms with Gasteiger partial charge in [-0.2, -0.15) is 13.5 Å². The van der Waals surface area contributed by atoms with Gasteiger partial charge in [0.05, 0.1) is 18.2 Å². The fourth-order valence-electron chi connectivity index (χ4n) is 2.33. The van der Waals surface area contributed by atoms with E-state index in [1.165, 1.54) is 6.21 Å². The van der Waals surface area contributed by atoms with E-state index in [0.29, 0.717) is 11.3 Å². The highest BCUT2D eigenvalue weighted by Gasteiger charge is 2.13. The molecule has 122 valence electrons. The molecule has 6 heteroatoms. The average molecular weight is 340 g/mol.